The summed E-state index contributed by atoms with van der Waals surface area (Å²) in [7, 11) is 0. The van der Waals surface area contributed by atoms with Gasteiger partial charge in [0.05, 0.1) is 5.92 Å². The van der Waals surface area contributed by atoms with E-state index in [1.54, 1.807) is 0 Å². The largest absolute Gasteiger partial charge is 0.459 e. The monoisotopic (exact) mass is 383 g/mol. The first-order valence-electron chi connectivity index (χ1n) is 8.52. The summed E-state index contributed by atoms with van der Waals surface area (Å²) in [4.78, 5) is 35.8. The molecule has 2 amide bonds. The third kappa shape index (κ3) is 7.41. The van der Waals surface area contributed by atoms with Crippen LogP contribution in [0, 0.1) is 5.92 Å². The first-order valence-corrected chi connectivity index (χ1v) is 8.52. The molecule has 144 valence electrons. The van der Waals surface area contributed by atoms with Crippen molar-refractivity contribution in [2.24, 2.45) is 5.92 Å². The minimum Gasteiger partial charge on any atom is -0.459 e. The number of ether oxygens (including phenoxy) is 1. The molecule has 1 aromatic rings. The summed E-state index contributed by atoms with van der Waals surface area (Å²) in [6.45, 7) is 3.02. The van der Waals surface area contributed by atoms with Gasteiger partial charge in [-0.25, -0.2) is 4.79 Å². The van der Waals surface area contributed by atoms with Crippen molar-refractivity contribution in [3.63, 3.8) is 0 Å². The molecule has 2 rings (SSSR count). The van der Waals surface area contributed by atoms with E-state index in [2.05, 4.69) is 16.0 Å². The zero-order valence-corrected chi connectivity index (χ0v) is 15.6. The highest BCUT2D eigenvalue weighted by Gasteiger charge is 2.25. The topological polar surface area (TPSA) is 96.5 Å². The molecule has 0 aliphatic carbocycles. The molecule has 3 N–H and O–H groups in total. The molecule has 1 heterocycles. The molecule has 1 aliphatic heterocycles. The minimum atomic E-state index is -0.901. The lowest BCUT2D eigenvalue weighted by molar-refractivity contribution is -0.149. The number of halogens is 1. The Morgan fingerprint density at radius 1 is 1.27 bits per heavy atom. The fourth-order valence-corrected chi connectivity index (χ4v) is 2.69. The van der Waals surface area contributed by atoms with Gasteiger partial charge in [-0.3, -0.25) is 9.59 Å². The molecule has 0 radical (unpaired) electrons. The first-order chi connectivity index (χ1) is 12.1. The average molecular weight is 384 g/mol. The van der Waals surface area contributed by atoms with Gasteiger partial charge in [0.25, 0.3) is 0 Å². The lowest BCUT2D eigenvalue weighted by atomic mass is 9.99. The number of benzene rings is 1. The van der Waals surface area contributed by atoms with E-state index < -0.39 is 12.0 Å². The normalized spacial score (nSPS) is 17.3. The standard InChI is InChI=1S/C18H25N3O4.ClH/c1-13(22)21-16(11-20-17(23)15-8-5-9-19-10-15)18(24)25-12-14-6-3-2-4-7-14;/h2-4,6-7,15-16,19H,5,8-12H2,1H3,(H,20,23)(H,21,22);1H/t15-,16+;/m1./s1. The van der Waals surface area contributed by atoms with Gasteiger partial charge in [-0.05, 0) is 24.9 Å². The summed E-state index contributed by atoms with van der Waals surface area (Å²) in [6, 6.07) is 8.37. The molecule has 2 atom stereocenters. The van der Waals surface area contributed by atoms with Crippen molar-refractivity contribution in [2.45, 2.75) is 32.4 Å². The average Bonchev–Trinajstić information content (AvgIpc) is 2.64. The van der Waals surface area contributed by atoms with Crippen LogP contribution in [0.4, 0.5) is 0 Å². The second-order valence-electron chi connectivity index (χ2n) is 6.13. The third-order valence-corrected chi connectivity index (χ3v) is 4.03. The molecule has 1 aliphatic rings. The molecule has 1 fully saturated rings. The van der Waals surface area contributed by atoms with Crippen LogP contribution in [0.15, 0.2) is 30.3 Å². The van der Waals surface area contributed by atoms with E-state index in [-0.39, 0.29) is 43.3 Å². The van der Waals surface area contributed by atoms with Crippen LogP contribution in [-0.4, -0.2) is 43.5 Å². The molecule has 0 spiro atoms. The van der Waals surface area contributed by atoms with Gasteiger partial charge >= 0.3 is 5.97 Å². The van der Waals surface area contributed by atoms with Crippen LogP contribution in [-0.2, 0) is 25.7 Å². The summed E-state index contributed by atoms with van der Waals surface area (Å²) in [5.41, 5.74) is 0.856. The van der Waals surface area contributed by atoms with Gasteiger partial charge < -0.3 is 20.7 Å². The van der Waals surface area contributed by atoms with Crippen molar-refractivity contribution in [1.29, 1.82) is 0 Å². The Morgan fingerprint density at radius 3 is 2.62 bits per heavy atom. The number of amides is 2. The molecule has 7 nitrogen and oxygen atoms in total. The van der Waals surface area contributed by atoms with Crippen LogP contribution >= 0.6 is 12.4 Å². The first kappa shape index (κ1) is 21.9. The number of hydrogen-bond acceptors (Lipinski definition) is 5. The molecule has 0 aromatic heterocycles. The molecule has 1 aromatic carbocycles. The Bertz CT molecular complexity index is 591. The quantitative estimate of drug-likeness (QED) is 0.604. The van der Waals surface area contributed by atoms with Gasteiger partial charge in [-0.1, -0.05) is 30.3 Å². The maximum absolute atomic E-state index is 12.2. The van der Waals surface area contributed by atoms with E-state index >= 15 is 0 Å². The van der Waals surface area contributed by atoms with E-state index in [9.17, 15) is 14.4 Å². The second-order valence-corrected chi connectivity index (χ2v) is 6.13. The summed E-state index contributed by atoms with van der Waals surface area (Å²) >= 11 is 0. The number of carbonyl (C=O) groups is 3. The second kappa shape index (κ2) is 11.5. The highest BCUT2D eigenvalue weighted by atomic mass is 35.5. The number of rotatable bonds is 7. The molecule has 0 saturated carbocycles. The van der Waals surface area contributed by atoms with Crippen molar-refractivity contribution < 1.29 is 19.1 Å². The maximum atomic E-state index is 12.2. The fraction of sp³-hybridized carbons (Fsp3) is 0.500. The predicted octanol–water partition coefficient (Wildman–Crippen LogP) is 0.772. The Kier molecular flexibility index (Phi) is 9.69. The number of esters is 1. The number of piperidine rings is 1. The Labute approximate surface area is 159 Å². The molecular formula is C18H26ClN3O4. The van der Waals surface area contributed by atoms with Crippen molar-refractivity contribution in [3.8, 4) is 0 Å². The fourth-order valence-electron chi connectivity index (χ4n) is 2.69. The van der Waals surface area contributed by atoms with Gasteiger partial charge in [-0.2, -0.15) is 0 Å². The van der Waals surface area contributed by atoms with E-state index in [1.165, 1.54) is 6.92 Å². The lowest BCUT2D eigenvalue weighted by Crippen LogP contribution is -2.50. The van der Waals surface area contributed by atoms with Gasteiger partial charge in [0.2, 0.25) is 11.8 Å². The van der Waals surface area contributed by atoms with Crippen LogP contribution in [0.5, 0.6) is 0 Å². The van der Waals surface area contributed by atoms with Gasteiger partial charge in [0.15, 0.2) is 0 Å². The van der Waals surface area contributed by atoms with Crippen molar-refractivity contribution in [3.05, 3.63) is 35.9 Å². The molecule has 0 unspecified atom stereocenters. The van der Waals surface area contributed by atoms with E-state index in [1.807, 2.05) is 30.3 Å². The lowest BCUT2D eigenvalue weighted by Gasteiger charge is -2.23. The molecule has 26 heavy (non-hydrogen) atoms. The molecule has 1 saturated heterocycles. The van der Waals surface area contributed by atoms with Crippen molar-refractivity contribution >= 4 is 30.2 Å². The highest BCUT2D eigenvalue weighted by Crippen LogP contribution is 2.09. The van der Waals surface area contributed by atoms with Crippen molar-refractivity contribution in [1.82, 2.24) is 16.0 Å². The van der Waals surface area contributed by atoms with Gasteiger partial charge in [-0.15, -0.1) is 12.4 Å². The summed E-state index contributed by atoms with van der Waals surface area (Å²) in [5, 5.41) is 8.45. The smallest absolute Gasteiger partial charge is 0.330 e. The van der Waals surface area contributed by atoms with E-state index in [0.29, 0.717) is 6.54 Å². The SMILES string of the molecule is CC(=O)N[C@@H](CNC(=O)[C@@H]1CCCNC1)C(=O)OCc1ccccc1.Cl. The van der Waals surface area contributed by atoms with E-state index in [4.69, 9.17) is 4.74 Å². The van der Waals surface area contributed by atoms with Crippen LogP contribution < -0.4 is 16.0 Å². The zero-order chi connectivity index (χ0) is 18.1. The van der Waals surface area contributed by atoms with Crippen LogP contribution in [0.3, 0.4) is 0 Å². The number of hydrogen-bond donors (Lipinski definition) is 3. The zero-order valence-electron chi connectivity index (χ0n) is 14.8. The van der Waals surface area contributed by atoms with Crippen molar-refractivity contribution in [2.75, 3.05) is 19.6 Å². The molecule has 0 bridgehead atoms. The van der Waals surface area contributed by atoms with Gasteiger partial charge in [0, 0.05) is 20.0 Å². The number of carbonyl (C=O) groups excluding carboxylic acids is 3. The summed E-state index contributed by atoms with van der Waals surface area (Å²) in [5.74, 6) is -1.14. The minimum absolute atomic E-state index is 0. The Morgan fingerprint density at radius 2 is 2.00 bits per heavy atom. The third-order valence-electron chi connectivity index (χ3n) is 4.03. The van der Waals surface area contributed by atoms with Crippen LogP contribution in [0.25, 0.3) is 0 Å². The van der Waals surface area contributed by atoms with Gasteiger partial charge in [0.1, 0.15) is 12.6 Å². The predicted molar refractivity (Wildman–Crippen MR) is 99.7 cm³/mol. The van der Waals surface area contributed by atoms with Crippen LogP contribution in [0.2, 0.25) is 0 Å². The number of nitrogens with one attached hydrogen (secondary N) is 3. The highest BCUT2D eigenvalue weighted by molar-refractivity contribution is 5.85. The maximum Gasteiger partial charge on any atom is 0.330 e. The summed E-state index contributed by atoms with van der Waals surface area (Å²) < 4.78 is 5.25. The van der Waals surface area contributed by atoms with E-state index in [0.717, 1.165) is 24.9 Å². The summed E-state index contributed by atoms with van der Waals surface area (Å²) in [6.07, 6.45) is 1.77. The molecular weight excluding hydrogens is 358 g/mol. The van der Waals surface area contributed by atoms with Crippen LogP contribution in [0.1, 0.15) is 25.3 Å². The Hall–Kier alpha value is -2.12. The molecule has 8 heteroatoms. The Balaban J connectivity index is 0.00000338.